The molecule has 3 rings (SSSR count). The Labute approximate surface area is 273 Å². The molecule has 3 unspecified atom stereocenters. The number of Topliss-reactive ketones (excluding diaryl/α,β-unsaturated/α-hetero) is 1. The predicted molar refractivity (Wildman–Crippen MR) is 176 cm³/mol. The van der Waals surface area contributed by atoms with Gasteiger partial charge in [0.1, 0.15) is 11.9 Å². The van der Waals surface area contributed by atoms with Gasteiger partial charge in [0.25, 0.3) is 0 Å². The molecular weight excluding hydrogens is 572 g/mol. The van der Waals surface area contributed by atoms with E-state index in [4.69, 9.17) is 14.2 Å². The average Bonchev–Trinajstić information content (AvgIpc) is 3.77. The van der Waals surface area contributed by atoms with Gasteiger partial charge >= 0.3 is 5.97 Å². The summed E-state index contributed by atoms with van der Waals surface area (Å²) in [6.45, 7) is 3.68. The minimum absolute atomic E-state index is 0.00453. The summed E-state index contributed by atoms with van der Waals surface area (Å²) in [7, 11) is 0. The van der Waals surface area contributed by atoms with Crippen molar-refractivity contribution in [2.24, 2.45) is 5.92 Å². The molecule has 262 valence electrons. The van der Waals surface area contributed by atoms with Crippen LogP contribution in [0.25, 0.3) is 0 Å². The van der Waals surface area contributed by atoms with Crippen molar-refractivity contribution in [2.75, 3.05) is 0 Å². The highest BCUT2D eigenvalue weighted by atomic mass is 16.6. The van der Waals surface area contributed by atoms with E-state index >= 15 is 0 Å². The Bertz CT molecular complexity index is 820. The highest BCUT2D eigenvalue weighted by Crippen LogP contribution is 2.35. The van der Waals surface area contributed by atoms with Crippen LogP contribution in [0.2, 0.25) is 0 Å². The highest BCUT2D eigenvalue weighted by molar-refractivity contribution is 5.83. The zero-order valence-electron chi connectivity index (χ0n) is 28.5. The molecule has 0 radical (unpaired) electrons. The van der Waals surface area contributed by atoms with Crippen LogP contribution in [0, 0.1) is 5.92 Å². The van der Waals surface area contributed by atoms with Gasteiger partial charge in [0.15, 0.2) is 0 Å². The number of ether oxygens (including phenoxy) is 3. The molecule has 3 fully saturated rings. The summed E-state index contributed by atoms with van der Waals surface area (Å²) in [6.07, 6.45) is 22.0. The lowest BCUT2D eigenvalue weighted by atomic mass is 9.96. The molecule has 9 atom stereocenters. The second kappa shape index (κ2) is 21.7. The summed E-state index contributed by atoms with van der Waals surface area (Å²) < 4.78 is 18.0. The summed E-state index contributed by atoms with van der Waals surface area (Å²) in [5.41, 5.74) is 0. The molecule has 0 aliphatic carbocycles. The number of carbonyl (C=O) groups excluding carboxylic acids is 2. The Morgan fingerprint density at radius 3 is 1.76 bits per heavy atom. The van der Waals surface area contributed by atoms with Crippen LogP contribution >= 0.6 is 0 Å². The van der Waals surface area contributed by atoms with Gasteiger partial charge in [-0.15, -0.1) is 0 Å². The standard InChI is InChI=1S/C37H66O8/c1-3-4-16-29(39)17-12-11-15-20-32(41)34-22-24-36(45-34)35-23-21-33(44-35)31(40)19-14-10-8-6-5-7-9-13-18-30-26-28(25-27(2)38)37(42)43-30/h28-36,39-41H,3-26H2,1-2H3/t28?,29?,30?,31-,32+,33+,34+,35+,36+/m1/s1. The van der Waals surface area contributed by atoms with E-state index in [2.05, 4.69) is 6.92 Å². The second-order valence-corrected chi connectivity index (χ2v) is 14.5. The molecule has 8 nitrogen and oxygen atoms in total. The lowest BCUT2D eigenvalue weighted by Gasteiger charge is -2.24. The van der Waals surface area contributed by atoms with Crippen LogP contribution in [-0.2, 0) is 23.8 Å². The number of esters is 1. The molecule has 3 aliphatic rings. The number of aliphatic hydroxyl groups is 3. The first kappa shape index (κ1) is 38.4. The van der Waals surface area contributed by atoms with E-state index in [9.17, 15) is 24.9 Å². The topological polar surface area (TPSA) is 123 Å². The number of hydrogen-bond donors (Lipinski definition) is 3. The monoisotopic (exact) mass is 638 g/mol. The van der Waals surface area contributed by atoms with Crippen molar-refractivity contribution in [1.29, 1.82) is 0 Å². The second-order valence-electron chi connectivity index (χ2n) is 14.5. The Kier molecular flexibility index (Phi) is 18.5. The highest BCUT2D eigenvalue weighted by Gasteiger charge is 2.40. The van der Waals surface area contributed by atoms with Gasteiger partial charge in [0.2, 0.25) is 0 Å². The molecule has 0 spiro atoms. The van der Waals surface area contributed by atoms with Crippen molar-refractivity contribution >= 4 is 11.8 Å². The molecule has 3 heterocycles. The van der Waals surface area contributed by atoms with E-state index < -0.39 is 12.2 Å². The molecule has 0 aromatic heterocycles. The van der Waals surface area contributed by atoms with Crippen molar-refractivity contribution in [2.45, 2.75) is 217 Å². The van der Waals surface area contributed by atoms with E-state index in [0.717, 1.165) is 116 Å². The molecule has 45 heavy (non-hydrogen) atoms. The van der Waals surface area contributed by atoms with Gasteiger partial charge in [-0.05, 0) is 77.6 Å². The molecule has 0 amide bonds. The Balaban J connectivity index is 1.14. The summed E-state index contributed by atoms with van der Waals surface area (Å²) in [4.78, 5) is 23.1. The van der Waals surface area contributed by atoms with Gasteiger partial charge in [0, 0.05) is 6.42 Å². The maximum absolute atomic E-state index is 11.9. The lowest BCUT2D eigenvalue weighted by Crippen LogP contribution is -2.33. The van der Waals surface area contributed by atoms with Gasteiger partial charge in [-0.1, -0.05) is 84.0 Å². The van der Waals surface area contributed by atoms with Gasteiger partial charge < -0.3 is 34.3 Å². The SMILES string of the molecule is CCCCC(O)CCCCC[C@H](O)[C@@H]1CC[C@@H]([C@@H]2CC[C@@H]([C@H](O)CCCCCCCCCCC3CC(CC(C)=O)C(=O)O3)O2)O1. The fourth-order valence-corrected chi connectivity index (χ4v) is 7.56. The summed E-state index contributed by atoms with van der Waals surface area (Å²) in [5, 5.41) is 31.4. The molecule has 0 aromatic rings. The molecule has 0 bridgehead atoms. The average molecular weight is 639 g/mol. The fourth-order valence-electron chi connectivity index (χ4n) is 7.56. The Morgan fingerprint density at radius 2 is 1.20 bits per heavy atom. The first-order valence-corrected chi connectivity index (χ1v) is 18.8. The quantitative estimate of drug-likeness (QED) is 0.0714. The lowest BCUT2D eigenvalue weighted by molar-refractivity contribution is -0.145. The third kappa shape index (κ3) is 14.7. The summed E-state index contributed by atoms with van der Waals surface area (Å²) >= 11 is 0. The molecule has 0 saturated carbocycles. The van der Waals surface area contributed by atoms with Crippen LogP contribution in [0.15, 0.2) is 0 Å². The van der Waals surface area contributed by atoms with E-state index in [-0.39, 0.29) is 54.3 Å². The summed E-state index contributed by atoms with van der Waals surface area (Å²) in [5.74, 6) is -0.364. The van der Waals surface area contributed by atoms with Crippen LogP contribution in [-0.4, -0.2) is 75.9 Å². The van der Waals surface area contributed by atoms with Crippen LogP contribution in [0.1, 0.15) is 168 Å². The molecule has 0 aromatic carbocycles. The minimum atomic E-state index is -0.436. The van der Waals surface area contributed by atoms with E-state index in [1.165, 1.54) is 32.6 Å². The van der Waals surface area contributed by atoms with Crippen LogP contribution < -0.4 is 0 Å². The number of carbonyl (C=O) groups is 2. The van der Waals surface area contributed by atoms with Crippen molar-refractivity contribution in [3.8, 4) is 0 Å². The maximum Gasteiger partial charge on any atom is 0.309 e. The smallest absolute Gasteiger partial charge is 0.309 e. The summed E-state index contributed by atoms with van der Waals surface area (Å²) in [6, 6.07) is 0. The minimum Gasteiger partial charge on any atom is -0.462 e. The maximum atomic E-state index is 11.9. The van der Waals surface area contributed by atoms with Crippen LogP contribution in [0.4, 0.5) is 0 Å². The number of cyclic esters (lactones) is 1. The molecular formula is C37H66O8. The number of rotatable bonds is 25. The number of ketones is 1. The van der Waals surface area contributed by atoms with Gasteiger partial charge in [0.05, 0.1) is 48.6 Å². The largest absolute Gasteiger partial charge is 0.462 e. The van der Waals surface area contributed by atoms with E-state index in [1.807, 2.05) is 0 Å². The van der Waals surface area contributed by atoms with Crippen molar-refractivity contribution in [3.05, 3.63) is 0 Å². The van der Waals surface area contributed by atoms with Crippen molar-refractivity contribution < 1.29 is 39.1 Å². The Morgan fingerprint density at radius 1 is 0.711 bits per heavy atom. The first-order chi connectivity index (χ1) is 21.8. The first-order valence-electron chi connectivity index (χ1n) is 18.8. The van der Waals surface area contributed by atoms with E-state index in [1.54, 1.807) is 0 Å². The number of hydrogen-bond acceptors (Lipinski definition) is 8. The zero-order chi connectivity index (χ0) is 32.4. The van der Waals surface area contributed by atoms with Crippen LogP contribution in [0.5, 0.6) is 0 Å². The zero-order valence-corrected chi connectivity index (χ0v) is 28.5. The van der Waals surface area contributed by atoms with E-state index in [0.29, 0.717) is 12.8 Å². The Hall–Kier alpha value is -1.06. The van der Waals surface area contributed by atoms with Crippen LogP contribution in [0.3, 0.4) is 0 Å². The van der Waals surface area contributed by atoms with Gasteiger partial charge in [-0.2, -0.15) is 0 Å². The van der Waals surface area contributed by atoms with Crippen molar-refractivity contribution in [1.82, 2.24) is 0 Å². The normalized spacial score (nSPS) is 28.8. The fraction of sp³-hybridized carbons (Fsp3) is 0.946. The number of unbranched alkanes of at least 4 members (excludes halogenated alkanes) is 10. The van der Waals surface area contributed by atoms with Gasteiger partial charge in [-0.3, -0.25) is 4.79 Å². The van der Waals surface area contributed by atoms with Crippen molar-refractivity contribution in [3.63, 3.8) is 0 Å². The number of aliphatic hydroxyl groups excluding tert-OH is 3. The molecule has 8 heteroatoms. The molecule has 3 saturated heterocycles. The van der Waals surface area contributed by atoms with Gasteiger partial charge in [-0.25, -0.2) is 0 Å². The predicted octanol–water partition coefficient (Wildman–Crippen LogP) is 7.12. The molecule has 3 aliphatic heterocycles. The molecule has 3 N–H and O–H groups in total. The third-order valence-corrected chi connectivity index (χ3v) is 10.3. The third-order valence-electron chi connectivity index (χ3n) is 10.3.